The van der Waals surface area contributed by atoms with Crippen LogP contribution in [0.15, 0.2) is 59.6 Å². The van der Waals surface area contributed by atoms with Crippen LogP contribution >= 0.6 is 34.8 Å². The van der Waals surface area contributed by atoms with Crippen molar-refractivity contribution in [2.24, 2.45) is 0 Å². The summed E-state index contributed by atoms with van der Waals surface area (Å²) in [5, 5.41) is 8.34. The summed E-state index contributed by atoms with van der Waals surface area (Å²) >= 11 is 18.2. The topological polar surface area (TPSA) is 88.4 Å². The van der Waals surface area contributed by atoms with Crippen molar-refractivity contribution in [3.63, 3.8) is 0 Å². The first-order valence-corrected chi connectivity index (χ1v) is 12.0. The van der Waals surface area contributed by atoms with E-state index in [9.17, 15) is 8.42 Å². The van der Waals surface area contributed by atoms with Crippen molar-refractivity contribution in [3.05, 3.63) is 69.8 Å². The van der Waals surface area contributed by atoms with Crippen molar-refractivity contribution < 1.29 is 8.42 Å². The van der Waals surface area contributed by atoms with Gasteiger partial charge in [-0.3, -0.25) is 0 Å². The summed E-state index contributed by atoms with van der Waals surface area (Å²) in [6.07, 6.45) is 1.50. The first kappa shape index (κ1) is 22.9. The Morgan fingerprint density at radius 3 is 2.53 bits per heavy atom. The molecule has 0 atom stereocenters. The van der Waals surface area contributed by atoms with Gasteiger partial charge in [-0.2, -0.15) is 9.61 Å². The molecule has 0 fully saturated rings. The number of hydrogen-bond donors (Lipinski definition) is 2. The van der Waals surface area contributed by atoms with Gasteiger partial charge in [0, 0.05) is 41.0 Å². The molecule has 0 aliphatic carbocycles. The highest BCUT2D eigenvalue weighted by Gasteiger charge is 2.18. The Morgan fingerprint density at radius 2 is 1.78 bits per heavy atom. The van der Waals surface area contributed by atoms with Gasteiger partial charge in [0.05, 0.1) is 10.7 Å². The van der Waals surface area contributed by atoms with Crippen molar-refractivity contribution in [2.45, 2.75) is 4.90 Å². The smallest absolute Gasteiger partial charge is 0.242 e. The normalized spacial score (nSPS) is 11.7. The summed E-state index contributed by atoms with van der Waals surface area (Å²) in [6.45, 7) is 0.342. The number of anilines is 1. The Balaban J connectivity index is 1.54. The molecule has 2 heterocycles. The minimum Gasteiger partial charge on any atom is -0.369 e. The van der Waals surface area contributed by atoms with E-state index in [0.29, 0.717) is 32.7 Å². The van der Waals surface area contributed by atoms with Crippen LogP contribution in [0, 0.1) is 0 Å². The maximum Gasteiger partial charge on any atom is 0.242 e. The molecule has 0 aliphatic rings. The van der Waals surface area contributed by atoms with E-state index >= 15 is 0 Å². The fourth-order valence-electron chi connectivity index (χ4n) is 3.06. The van der Waals surface area contributed by atoms with E-state index in [1.165, 1.54) is 24.4 Å². The zero-order chi connectivity index (χ0) is 22.9. The van der Waals surface area contributed by atoms with Gasteiger partial charge in [0.2, 0.25) is 10.0 Å². The molecule has 2 aromatic carbocycles. The zero-order valence-corrected chi connectivity index (χ0v) is 19.5. The minimum absolute atomic E-state index is 0.0456. The first-order chi connectivity index (χ1) is 15.3. The molecule has 0 spiro atoms. The number of sulfonamides is 1. The van der Waals surface area contributed by atoms with Gasteiger partial charge in [0.15, 0.2) is 5.65 Å². The van der Waals surface area contributed by atoms with Crippen LogP contribution in [-0.2, 0) is 10.0 Å². The highest BCUT2D eigenvalue weighted by atomic mass is 35.5. The monoisotopic (exact) mass is 505 g/mol. The van der Waals surface area contributed by atoms with Gasteiger partial charge in [-0.1, -0.05) is 53.0 Å². The third-order valence-electron chi connectivity index (χ3n) is 4.56. The van der Waals surface area contributed by atoms with Gasteiger partial charge in [-0.25, -0.2) is 18.1 Å². The molecule has 2 N–H and O–H groups in total. The van der Waals surface area contributed by atoms with Gasteiger partial charge in [-0.15, -0.1) is 0 Å². The van der Waals surface area contributed by atoms with E-state index in [1.54, 1.807) is 16.6 Å². The Kier molecular flexibility index (Phi) is 6.64. The van der Waals surface area contributed by atoms with E-state index in [1.807, 2.05) is 18.2 Å². The van der Waals surface area contributed by atoms with Crippen LogP contribution < -0.4 is 15.5 Å². The van der Waals surface area contributed by atoms with E-state index in [4.69, 9.17) is 42.6 Å². The SMILES string of the molecule is [B]c1cnn2c(NCCNS(=O)(=O)c3ccc(Cl)cc3Cl)cc(-c3ccccc3Cl)nc12. The largest absolute Gasteiger partial charge is 0.369 e. The molecule has 162 valence electrons. The number of benzene rings is 2. The molecule has 0 unspecified atom stereocenters. The maximum absolute atomic E-state index is 12.5. The minimum atomic E-state index is -3.81. The second-order valence-electron chi connectivity index (χ2n) is 6.74. The van der Waals surface area contributed by atoms with Crippen molar-refractivity contribution in [3.8, 4) is 11.3 Å². The highest BCUT2D eigenvalue weighted by molar-refractivity contribution is 7.89. The number of nitrogens with one attached hydrogen (secondary N) is 2. The van der Waals surface area contributed by atoms with Crippen molar-refractivity contribution in [2.75, 3.05) is 18.4 Å². The van der Waals surface area contributed by atoms with Crippen LogP contribution in [0.4, 0.5) is 5.82 Å². The van der Waals surface area contributed by atoms with E-state index in [0.717, 1.165) is 5.56 Å². The fourth-order valence-corrected chi connectivity index (χ4v) is 5.09. The fraction of sp³-hybridized carbons (Fsp3) is 0.100. The molecule has 2 aromatic heterocycles. The predicted octanol–water partition coefficient (Wildman–Crippen LogP) is 3.54. The van der Waals surface area contributed by atoms with Gasteiger partial charge in [0.25, 0.3) is 0 Å². The molecule has 0 aliphatic heterocycles. The summed E-state index contributed by atoms with van der Waals surface area (Å²) in [4.78, 5) is 4.52. The molecular formula is C20H15BCl3N5O2S. The van der Waals surface area contributed by atoms with E-state index in [2.05, 4.69) is 20.1 Å². The van der Waals surface area contributed by atoms with Crippen LogP contribution in [-0.4, -0.2) is 44.0 Å². The molecule has 0 amide bonds. The van der Waals surface area contributed by atoms with Crippen LogP contribution in [0.1, 0.15) is 0 Å². The summed E-state index contributed by atoms with van der Waals surface area (Å²) in [5.41, 5.74) is 2.20. The lowest BCUT2D eigenvalue weighted by atomic mass is 10.0. The second kappa shape index (κ2) is 9.29. The third kappa shape index (κ3) is 4.72. The molecule has 32 heavy (non-hydrogen) atoms. The molecule has 0 bridgehead atoms. The highest BCUT2D eigenvalue weighted by Crippen LogP contribution is 2.28. The standard InChI is InChI=1S/C20H15BCl3N5O2S/c21-14-11-26-29-19(10-17(28-20(14)29)13-3-1-2-4-15(13)23)25-7-8-27-32(30,31)18-6-5-12(22)9-16(18)24/h1-6,9-11,25,27H,7-8H2. The lowest BCUT2D eigenvalue weighted by molar-refractivity contribution is 0.583. The van der Waals surface area contributed by atoms with Gasteiger partial charge < -0.3 is 5.32 Å². The molecular weight excluding hydrogens is 491 g/mol. The molecule has 7 nitrogen and oxygen atoms in total. The number of halogens is 3. The summed E-state index contributed by atoms with van der Waals surface area (Å²) in [5.74, 6) is 0.574. The van der Waals surface area contributed by atoms with Crippen LogP contribution in [0.2, 0.25) is 15.1 Å². The van der Waals surface area contributed by atoms with Crippen LogP contribution in [0.5, 0.6) is 0 Å². The molecule has 4 rings (SSSR count). The van der Waals surface area contributed by atoms with Crippen LogP contribution in [0.3, 0.4) is 0 Å². The molecule has 2 radical (unpaired) electrons. The summed E-state index contributed by atoms with van der Waals surface area (Å²) < 4.78 is 29.1. The van der Waals surface area contributed by atoms with E-state index < -0.39 is 10.0 Å². The lowest BCUT2D eigenvalue weighted by Gasteiger charge is -2.13. The van der Waals surface area contributed by atoms with Gasteiger partial charge >= 0.3 is 0 Å². The first-order valence-electron chi connectivity index (χ1n) is 9.34. The molecule has 0 saturated carbocycles. The molecule has 4 aromatic rings. The molecule has 12 heteroatoms. The van der Waals surface area contributed by atoms with Gasteiger partial charge in [0.1, 0.15) is 18.6 Å². The van der Waals surface area contributed by atoms with Crippen molar-refractivity contribution in [1.29, 1.82) is 0 Å². The Morgan fingerprint density at radius 1 is 1.00 bits per heavy atom. The number of rotatable bonds is 7. The zero-order valence-electron chi connectivity index (χ0n) is 16.4. The predicted molar refractivity (Wildman–Crippen MR) is 129 cm³/mol. The maximum atomic E-state index is 12.5. The summed E-state index contributed by atoms with van der Waals surface area (Å²) in [7, 11) is 2.20. The van der Waals surface area contributed by atoms with Crippen molar-refractivity contribution in [1.82, 2.24) is 19.3 Å². The third-order valence-corrected chi connectivity index (χ3v) is 7.06. The average molecular weight is 507 g/mol. The van der Waals surface area contributed by atoms with Crippen molar-refractivity contribution >= 4 is 69.6 Å². The van der Waals surface area contributed by atoms with Gasteiger partial charge in [-0.05, 0) is 29.7 Å². The quantitative estimate of drug-likeness (QED) is 0.296. The number of aromatic nitrogens is 3. The Bertz CT molecular complexity index is 1410. The number of nitrogens with zero attached hydrogens (tertiary/aromatic N) is 3. The van der Waals surface area contributed by atoms with Crippen LogP contribution in [0.25, 0.3) is 16.9 Å². The summed E-state index contributed by atoms with van der Waals surface area (Å²) in [6, 6.07) is 13.3. The number of fused-ring (bicyclic) bond motifs is 1. The lowest BCUT2D eigenvalue weighted by Crippen LogP contribution is -2.29. The number of hydrogen-bond acceptors (Lipinski definition) is 5. The Labute approximate surface area is 201 Å². The Hall–Kier alpha value is -2.30. The second-order valence-corrected chi connectivity index (χ2v) is 9.73. The van der Waals surface area contributed by atoms with E-state index in [-0.39, 0.29) is 23.0 Å². The average Bonchev–Trinajstić information content (AvgIpc) is 3.12. The molecule has 0 saturated heterocycles.